The van der Waals surface area contributed by atoms with Gasteiger partial charge in [0.1, 0.15) is 24.7 Å². The summed E-state index contributed by atoms with van der Waals surface area (Å²) in [5.74, 6) is 1.02. The quantitative estimate of drug-likeness (QED) is 0.349. The SMILES string of the molecule is O=C(c1ccc(OCCOCCO)cc1)c1ccc(OCCO)c(CCO)c1. The molecule has 2 rings (SSSR count). The summed E-state index contributed by atoms with van der Waals surface area (Å²) in [6, 6.07) is 11.9. The zero-order valence-electron chi connectivity index (χ0n) is 15.7. The maximum atomic E-state index is 12.7. The van der Waals surface area contributed by atoms with Crippen molar-refractivity contribution in [2.75, 3.05) is 46.2 Å². The highest BCUT2D eigenvalue weighted by Crippen LogP contribution is 2.23. The van der Waals surface area contributed by atoms with Crippen LogP contribution in [0.1, 0.15) is 21.5 Å². The van der Waals surface area contributed by atoms with Crippen molar-refractivity contribution in [3.05, 3.63) is 59.2 Å². The van der Waals surface area contributed by atoms with Crippen molar-refractivity contribution in [2.24, 2.45) is 0 Å². The molecule has 0 radical (unpaired) electrons. The van der Waals surface area contributed by atoms with E-state index in [9.17, 15) is 9.90 Å². The predicted molar refractivity (Wildman–Crippen MR) is 103 cm³/mol. The van der Waals surface area contributed by atoms with E-state index in [1.807, 2.05) is 0 Å². The fourth-order valence-electron chi connectivity index (χ4n) is 2.59. The highest BCUT2D eigenvalue weighted by molar-refractivity contribution is 6.09. The fourth-order valence-corrected chi connectivity index (χ4v) is 2.59. The Morgan fingerprint density at radius 3 is 2.14 bits per heavy atom. The van der Waals surface area contributed by atoms with Gasteiger partial charge in [0, 0.05) is 17.7 Å². The number of aliphatic hydroxyl groups excluding tert-OH is 3. The van der Waals surface area contributed by atoms with Crippen LogP contribution in [0, 0.1) is 0 Å². The third-order valence-electron chi connectivity index (χ3n) is 3.90. The molecule has 0 bridgehead atoms. The van der Waals surface area contributed by atoms with Gasteiger partial charge in [-0.15, -0.1) is 0 Å². The number of carbonyl (C=O) groups excluding carboxylic acids is 1. The molecule has 0 unspecified atom stereocenters. The summed E-state index contributed by atoms with van der Waals surface area (Å²) in [4.78, 5) is 12.7. The lowest BCUT2D eigenvalue weighted by Crippen LogP contribution is -2.09. The number of benzene rings is 2. The molecule has 2 aromatic rings. The number of hydrogen-bond acceptors (Lipinski definition) is 7. The summed E-state index contributed by atoms with van der Waals surface area (Å²) < 4.78 is 16.1. The third kappa shape index (κ3) is 6.61. The number of ketones is 1. The first-order valence-electron chi connectivity index (χ1n) is 9.13. The van der Waals surface area contributed by atoms with Crippen LogP contribution in [0.25, 0.3) is 0 Å². The average molecular weight is 390 g/mol. The van der Waals surface area contributed by atoms with E-state index in [4.69, 9.17) is 24.4 Å². The second kappa shape index (κ2) is 12.1. The molecule has 0 aliphatic rings. The minimum absolute atomic E-state index is 0.0225. The Kier molecular flexibility index (Phi) is 9.44. The van der Waals surface area contributed by atoms with E-state index in [0.717, 1.165) is 0 Å². The topological polar surface area (TPSA) is 105 Å². The van der Waals surface area contributed by atoms with Gasteiger partial charge in [0.25, 0.3) is 0 Å². The van der Waals surface area contributed by atoms with Gasteiger partial charge in [-0.25, -0.2) is 0 Å². The van der Waals surface area contributed by atoms with Crippen LogP contribution in [0.3, 0.4) is 0 Å². The van der Waals surface area contributed by atoms with Gasteiger partial charge in [0.15, 0.2) is 5.78 Å². The molecule has 2 aromatic carbocycles. The van der Waals surface area contributed by atoms with Gasteiger partial charge in [0.2, 0.25) is 0 Å². The third-order valence-corrected chi connectivity index (χ3v) is 3.90. The van der Waals surface area contributed by atoms with E-state index < -0.39 is 0 Å². The molecule has 0 spiro atoms. The monoisotopic (exact) mass is 390 g/mol. The maximum absolute atomic E-state index is 12.7. The van der Waals surface area contributed by atoms with Crippen LogP contribution in [-0.2, 0) is 11.2 Å². The van der Waals surface area contributed by atoms with Crippen molar-refractivity contribution in [2.45, 2.75) is 6.42 Å². The van der Waals surface area contributed by atoms with Crippen molar-refractivity contribution < 1.29 is 34.3 Å². The minimum Gasteiger partial charge on any atom is -0.491 e. The summed E-state index contributed by atoms with van der Waals surface area (Å²) in [5.41, 5.74) is 1.72. The molecule has 7 heteroatoms. The number of ether oxygens (including phenoxy) is 3. The van der Waals surface area contributed by atoms with Crippen LogP contribution in [0.15, 0.2) is 42.5 Å². The molecular weight excluding hydrogens is 364 g/mol. The molecule has 0 saturated heterocycles. The lowest BCUT2D eigenvalue weighted by molar-refractivity contribution is 0.0705. The Bertz CT molecular complexity index is 728. The van der Waals surface area contributed by atoms with Crippen LogP contribution >= 0.6 is 0 Å². The molecule has 0 amide bonds. The van der Waals surface area contributed by atoms with Crippen molar-refractivity contribution in [1.82, 2.24) is 0 Å². The Labute approximate surface area is 164 Å². The fraction of sp³-hybridized carbons (Fsp3) is 0.381. The molecule has 152 valence electrons. The molecule has 0 fully saturated rings. The first-order chi connectivity index (χ1) is 13.7. The van der Waals surface area contributed by atoms with Crippen LogP contribution < -0.4 is 9.47 Å². The molecule has 0 atom stereocenters. The van der Waals surface area contributed by atoms with Crippen LogP contribution in [0.4, 0.5) is 0 Å². The van der Waals surface area contributed by atoms with E-state index in [1.54, 1.807) is 42.5 Å². The minimum atomic E-state index is -0.147. The van der Waals surface area contributed by atoms with Crippen LogP contribution in [-0.4, -0.2) is 67.4 Å². The largest absolute Gasteiger partial charge is 0.491 e. The van der Waals surface area contributed by atoms with Gasteiger partial charge < -0.3 is 29.5 Å². The highest BCUT2D eigenvalue weighted by Gasteiger charge is 2.13. The Morgan fingerprint density at radius 2 is 1.46 bits per heavy atom. The molecule has 28 heavy (non-hydrogen) atoms. The van der Waals surface area contributed by atoms with Gasteiger partial charge >= 0.3 is 0 Å². The summed E-state index contributed by atoms with van der Waals surface area (Å²) in [5, 5.41) is 26.8. The first kappa shape index (κ1) is 21.8. The van der Waals surface area contributed by atoms with E-state index in [0.29, 0.717) is 47.8 Å². The zero-order valence-corrected chi connectivity index (χ0v) is 15.7. The summed E-state index contributed by atoms with van der Waals surface area (Å²) in [6.45, 7) is 0.956. The second-order valence-electron chi connectivity index (χ2n) is 5.91. The number of aliphatic hydroxyl groups is 3. The lowest BCUT2D eigenvalue weighted by atomic mass is 9.99. The predicted octanol–water partition coefficient (Wildman–Crippen LogP) is 1.21. The molecule has 0 heterocycles. The van der Waals surface area contributed by atoms with Gasteiger partial charge in [-0.1, -0.05) is 0 Å². The first-order valence-corrected chi connectivity index (χ1v) is 9.13. The molecule has 0 aliphatic heterocycles. The van der Waals surface area contributed by atoms with Crippen LogP contribution in [0.2, 0.25) is 0 Å². The van der Waals surface area contributed by atoms with Gasteiger partial charge in [-0.2, -0.15) is 0 Å². The van der Waals surface area contributed by atoms with E-state index >= 15 is 0 Å². The van der Waals surface area contributed by atoms with E-state index in [2.05, 4.69) is 0 Å². The van der Waals surface area contributed by atoms with Gasteiger partial charge in [-0.3, -0.25) is 4.79 Å². The second-order valence-corrected chi connectivity index (χ2v) is 5.91. The Balaban J connectivity index is 2.03. The zero-order chi connectivity index (χ0) is 20.2. The lowest BCUT2D eigenvalue weighted by Gasteiger charge is -2.12. The number of rotatable bonds is 13. The van der Waals surface area contributed by atoms with Crippen molar-refractivity contribution in [3.63, 3.8) is 0 Å². The number of carbonyl (C=O) groups is 1. The van der Waals surface area contributed by atoms with Crippen molar-refractivity contribution in [3.8, 4) is 11.5 Å². The summed E-state index contributed by atoms with van der Waals surface area (Å²) >= 11 is 0. The normalized spacial score (nSPS) is 10.7. The van der Waals surface area contributed by atoms with Crippen molar-refractivity contribution in [1.29, 1.82) is 0 Å². The van der Waals surface area contributed by atoms with Gasteiger partial charge in [0.05, 0.1) is 26.4 Å². The van der Waals surface area contributed by atoms with E-state index in [1.165, 1.54) is 0 Å². The maximum Gasteiger partial charge on any atom is 0.193 e. The molecule has 0 aliphatic carbocycles. The highest BCUT2D eigenvalue weighted by atomic mass is 16.5. The Hall–Kier alpha value is -2.45. The summed E-state index contributed by atoms with van der Waals surface area (Å²) in [6.07, 6.45) is 0.354. The standard InChI is InChI=1S/C21H26O7/c22-8-7-17-15-18(3-6-20(17)28-12-10-24)21(25)16-1-4-19(5-2-16)27-14-13-26-11-9-23/h1-6,15,22-24H,7-14H2. The number of hydrogen-bond donors (Lipinski definition) is 3. The molecule has 0 saturated carbocycles. The average Bonchev–Trinajstić information content (AvgIpc) is 2.73. The molecular formula is C21H26O7. The van der Waals surface area contributed by atoms with Crippen molar-refractivity contribution >= 4 is 5.78 Å². The Morgan fingerprint density at radius 1 is 0.750 bits per heavy atom. The summed E-state index contributed by atoms with van der Waals surface area (Å²) in [7, 11) is 0. The van der Waals surface area contributed by atoms with E-state index in [-0.39, 0.29) is 38.8 Å². The van der Waals surface area contributed by atoms with Gasteiger partial charge in [-0.05, 0) is 54.4 Å². The van der Waals surface area contributed by atoms with Crippen LogP contribution in [0.5, 0.6) is 11.5 Å². The molecule has 0 aromatic heterocycles. The molecule has 3 N–H and O–H groups in total. The molecule has 7 nitrogen and oxygen atoms in total. The smallest absolute Gasteiger partial charge is 0.193 e.